The van der Waals surface area contributed by atoms with Gasteiger partial charge in [-0.25, -0.2) is 10.2 Å². The molecular formula is C26H25BrN2O8. The molecule has 0 aliphatic heterocycles. The molecule has 0 radical (unpaired) electrons. The van der Waals surface area contributed by atoms with Gasteiger partial charge in [-0.3, -0.25) is 4.79 Å². The minimum absolute atomic E-state index is 0.185. The Morgan fingerprint density at radius 3 is 2.14 bits per heavy atom. The molecule has 0 saturated heterocycles. The number of methoxy groups -OCH3 is 4. The van der Waals surface area contributed by atoms with Crippen molar-refractivity contribution < 1.29 is 38.0 Å². The maximum atomic E-state index is 12.8. The van der Waals surface area contributed by atoms with Gasteiger partial charge in [-0.05, 0) is 64.0 Å². The summed E-state index contributed by atoms with van der Waals surface area (Å²) in [5, 5.41) is 3.93. The summed E-state index contributed by atoms with van der Waals surface area (Å²) in [6, 6.07) is 15.0. The topological polar surface area (TPSA) is 114 Å². The zero-order valence-electron chi connectivity index (χ0n) is 20.6. The molecular weight excluding hydrogens is 548 g/mol. The van der Waals surface area contributed by atoms with Gasteiger partial charge in [-0.15, -0.1) is 0 Å². The molecule has 0 unspecified atom stereocenters. The van der Waals surface area contributed by atoms with Crippen LogP contribution in [0, 0.1) is 0 Å². The number of esters is 1. The highest BCUT2D eigenvalue weighted by Gasteiger charge is 2.19. The zero-order valence-corrected chi connectivity index (χ0v) is 22.2. The molecule has 11 heteroatoms. The van der Waals surface area contributed by atoms with Gasteiger partial charge < -0.3 is 28.4 Å². The van der Waals surface area contributed by atoms with E-state index in [1.807, 2.05) is 12.1 Å². The molecule has 0 spiro atoms. The van der Waals surface area contributed by atoms with Gasteiger partial charge in [0.2, 0.25) is 5.75 Å². The van der Waals surface area contributed by atoms with Crippen LogP contribution in [-0.4, -0.2) is 53.1 Å². The van der Waals surface area contributed by atoms with Gasteiger partial charge in [-0.1, -0.05) is 12.1 Å². The molecule has 37 heavy (non-hydrogen) atoms. The number of hydrazone groups is 1. The molecule has 3 aromatic rings. The number of amides is 1. The lowest BCUT2D eigenvalue weighted by atomic mass is 10.1. The lowest BCUT2D eigenvalue weighted by molar-refractivity contribution is -0.123. The first-order chi connectivity index (χ1) is 17.9. The highest BCUT2D eigenvalue weighted by atomic mass is 79.9. The number of rotatable bonds is 11. The number of benzene rings is 3. The summed E-state index contributed by atoms with van der Waals surface area (Å²) in [5.41, 5.74) is 3.17. The molecule has 0 saturated carbocycles. The number of nitrogens with one attached hydrogen (secondary N) is 1. The van der Waals surface area contributed by atoms with Gasteiger partial charge in [0.05, 0.1) is 44.7 Å². The van der Waals surface area contributed by atoms with Crippen LogP contribution >= 0.6 is 15.9 Å². The summed E-state index contributed by atoms with van der Waals surface area (Å²) >= 11 is 3.35. The predicted octanol–water partition coefficient (Wildman–Crippen LogP) is 4.23. The molecule has 3 aromatic carbocycles. The maximum absolute atomic E-state index is 12.8. The summed E-state index contributed by atoms with van der Waals surface area (Å²) in [6.45, 7) is -0.209. The minimum atomic E-state index is -0.656. The lowest BCUT2D eigenvalue weighted by Gasteiger charge is -2.14. The number of carbonyl (C=O) groups excluding carboxylic acids is 2. The van der Waals surface area contributed by atoms with Gasteiger partial charge in [0.1, 0.15) is 5.75 Å². The second kappa shape index (κ2) is 13.2. The van der Waals surface area contributed by atoms with Gasteiger partial charge in [0, 0.05) is 0 Å². The van der Waals surface area contributed by atoms with Crippen LogP contribution in [0.1, 0.15) is 15.9 Å². The van der Waals surface area contributed by atoms with Crippen LogP contribution < -0.4 is 33.8 Å². The summed E-state index contributed by atoms with van der Waals surface area (Å²) < 4.78 is 32.9. The van der Waals surface area contributed by atoms with Crippen LogP contribution in [0.5, 0.6) is 34.5 Å². The number of ether oxygens (including phenoxy) is 6. The van der Waals surface area contributed by atoms with E-state index in [-0.39, 0.29) is 23.7 Å². The van der Waals surface area contributed by atoms with Crippen molar-refractivity contribution in [2.75, 3.05) is 35.0 Å². The molecule has 0 aromatic heterocycles. The fraction of sp³-hybridized carbons (Fsp3) is 0.192. The lowest BCUT2D eigenvalue weighted by Crippen LogP contribution is -2.24. The number of nitrogens with zero attached hydrogens (tertiary/aromatic N) is 1. The Kier molecular flexibility index (Phi) is 9.73. The first-order valence-electron chi connectivity index (χ1n) is 10.8. The molecule has 0 aliphatic carbocycles. The van der Waals surface area contributed by atoms with E-state index >= 15 is 0 Å². The predicted molar refractivity (Wildman–Crippen MR) is 139 cm³/mol. The molecule has 3 rings (SSSR count). The molecule has 0 bridgehead atoms. The third-order valence-corrected chi connectivity index (χ3v) is 5.54. The highest BCUT2D eigenvalue weighted by Crippen LogP contribution is 2.38. The van der Waals surface area contributed by atoms with Gasteiger partial charge in [0.15, 0.2) is 29.6 Å². The Labute approximate surface area is 222 Å². The van der Waals surface area contributed by atoms with E-state index in [0.29, 0.717) is 28.6 Å². The Morgan fingerprint density at radius 2 is 1.51 bits per heavy atom. The van der Waals surface area contributed by atoms with Crippen molar-refractivity contribution in [2.24, 2.45) is 5.10 Å². The standard InChI is InChI=1S/C26H25BrN2O8/c1-32-21-11-16(14-28-29-24(30)15-36-19-8-6-5-7-18(19)27)9-10-20(21)37-26(31)17-12-22(33-2)25(35-4)23(13-17)34-3/h5-14H,15H2,1-4H3,(H,29,30)/b28-14-. The Bertz CT molecular complexity index is 1270. The van der Waals surface area contributed by atoms with E-state index in [9.17, 15) is 9.59 Å². The molecule has 194 valence electrons. The average Bonchev–Trinajstić information content (AvgIpc) is 2.92. The largest absolute Gasteiger partial charge is 0.493 e. The van der Waals surface area contributed by atoms with Crippen molar-refractivity contribution in [3.63, 3.8) is 0 Å². The normalized spacial score (nSPS) is 10.5. The van der Waals surface area contributed by atoms with Crippen molar-refractivity contribution >= 4 is 34.0 Å². The third kappa shape index (κ3) is 7.14. The fourth-order valence-electron chi connectivity index (χ4n) is 3.12. The van der Waals surface area contributed by atoms with E-state index in [2.05, 4.69) is 26.5 Å². The number of hydrogen-bond acceptors (Lipinski definition) is 9. The fourth-order valence-corrected chi connectivity index (χ4v) is 3.52. The molecule has 0 atom stereocenters. The monoisotopic (exact) mass is 572 g/mol. The second-order valence-corrected chi connectivity index (χ2v) is 8.08. The number of halogens is 1. The first kappa shape index (κ1) is 27.3. The van der Waals surface area contributed by atoms with Crippen molar-refractivity contribution in [1.82, 2.24) is 5.43 Å². The Hall–Kier alpha value is -4.25. The van der Waals surface area contributed by atoms with E-state index in [1.165, 1.54) is 46.8 Å². The van der Waals surface area contributed by atoms with Gasteiger partial charge >= 0.3 is 5.97 Å². The summed E-state index contributed by atoms with van der Waals surface area (Å²) in [4.78, 5) is 24.8. The second-order valence-electron chi connectivity index (χ2n) is 7.23. The summed E-state index contributed by atoms with van der Waals surface area (Å²) in [5.74, 6) is 0.911. The maximum Gasteiger partial charge on any atom is 0.343 e. The summed E-state index contributed by atoms with van der Waals surface area (Å²) in [7, 11) is 5.81. The van der Waals surface area contributed by atoms with E-state index in [4.69, 9.17) is 28.4 Å². The third-order valence-electron chi connectivity index (χ3n) is 4.89. The zero-order chi connectivity index (χ0) is 26.8. The molecule has 0 heterocycles. The Morgan fingerprint density at radius 1 is 0.838 bits per heavy atom. The van der Waals surface area contributed by atoms with Crippen LogP contribution in [0.2, 0.25) is 0 Å². The molecule has 1 N–H and O–H groups in total. The molecule has 0 aliphatic rings. The highest BCUT2D eigenvalue weighted by molar-refractivity contribution is 9.10. The number of para-hydroxylation sites is 1. The molecule has 0 fully saturated rings. The minimum Gasteiger partial charge on any atom is -0.493 e. The first-order valence-corrected chi connectivity index (χ1v) is 11.6. The Balaban J connectivity index is 1.65. The van der Waals surface area contributed by atoms with Crippen LogP contribution in [0.15, 0.2) is 64.2 Å². The van der Waals surface area contributed by atoms with Crippen LogP contribution in [0.4, 0.5) is 0 Å². The van der Waals surface area contributed by atoms with Crippen molar-refractivity contribution in [3.8, 4) is 34.5 Å². The van der Waals surface area contributed by atoms with E-state index in [0.717, 1.165) is 4.47 Å². The quantitative estimate of drug-likeness (QED) is 0.157. The smallest absolute Gasteiger partial charge is 0.343 e. The van der Waals surface area contributed by atoms with Crippen LogP contribution in [-0.2, 0) is 4.79 Å². The van der Waals surface area contributed by atoms with E-state index < -0.39 is 11.9 Å². The number of carbonyl (C=O) groups is 2. The van der Waals surface area contributed by atoms with Crippen molar-refractivity contribution in [3.05, 3.63) is 70.2 Å². The van der Waals surface area contributed by atoms with Crippen molar-refractivity contribution in [2.45, 2.75) is 0 Å². The van der Waals surface area contributed by atoms with Gasteiger partial charge in [-0.2, -0.15) is 5.10 Å². The van der Waals surface area contributed by atoms with Crippen LogP contribution in [0.25, 0.3) is 0 Å². The SMILES string of the molecule is COc1cc(/C=N\NC(=O)COc2ccccc2Br)ccc1OC(=O)c1cc(OC)c(OC)c(OC)c1. The number of hydrogen-bond donors (Lipinski definition) is 1. The molecule has 10 nitrogen and oxygen atoms in total. The van der Waals surface area contributed by atoms with Gasteiger partial charge in [0.25, 0.3) is 5.91 Å². The van der Waals surface area contributed by atoms with Crippen LogP contribution in [0.3, 0.4) is 0 Å². The van der Waals surface area contributed by atoms with Crippen molar-refractivity contribution in [1.29, 1.82) is 0 Å². The summed E-state index contributed by atoms with van der Waals surface area (Å²) in [6.07, 6.45) is 1.42. The average molecular weight is 573 g/mol. The molecule has 1 amide bonds. The van der Waals surface area contributed by atoms with E-state index in [1.54, 1.807) is 30.3 Å².